The first kappa shape index (κ1) is 54.4. The highest BCUT2D eigenvalue weighted by atomic mass is 32.1. The Labute approximate surface area is 450 Å². The van der Waals surface area contributed by atoms with Crippen molar-refractivity contribution in [2.24, 2.45) is 17.3 Å². The molecule has 0 unspecified atom stereocenters. The van der Waals surface area contributed by atoms with E-state index in [-0.39, 0.29) is 55.2 Å². The van der Waals surface area contributed by atoms with Crippen LogP contribution in [0.5, 0.6) is 11.8 Å². The molecule has 9 rings (SSSR count). The summed E-state index contributed by atoms with van der Waals surface area (Å²) >= 11 is 1.58. The number of nitrogens with zero attached hydrogens (tertiary/aromatic N) is 8. The Balaban J connectivity index is 0.759. The lowest BCUT2D eigenvalue weighted by atomic mass is 9.85. The molecule has 2 aromatic heterocycles. The summed E-state index contributed by atoms with van der Waals surface area (Å²) in [6.07, 6.45) is 4.05. The van der Waals surface area contributed by atoms with Gasteiger partial charge in [0.2, 0.25) is 17.7 Å². The maximum Gasteiger partial charge on any atom is 0.318 e. The highest BCUT2D eigenvalue weighted by Crippen LogP contribution is 2.38. The highest BCUT2D eigenvalue weighted by molar-refractivity contribution is 7.13. The molecule has 0 saturated carbocycles. The number of nitrogens with one attached hydrogen (secondary N) is 2. The van der Waals surface area contributed by atoms with Crippen LogP contribution in [0.15, 0.2) is 66.2 Å². The molecular formula is C58H74N10O7S. The molecule has 0 aliphatic carbocycles. The zero-order chi connectivity index (χ0) is 53.7. The lowest BCUT2D eigenvalue weighted by Gasteiger charge is -2.37. The number of aliphatic hydroxyl groups is 1. The highest BCUT2D eigenvalue weighted by Gasteiger charge is 2.45. The van der Waals surface area contributed by atoms with Crippen LogP contribution in [0.25, 0.3) is 21.2 Å². The van der Waals surface area contributed by atoms with Crippen molar-refractivity contribution in [3.63, 3.8) is 0 Å². The molecule has 6 atom stereocenters. The summed E-state index contributed by atoms with van der Waals surface area (Å²) in [6.45, 7) is 17.0. The number of hydrogen-bond acceptors (Lipinski definition) is 15. The topological polar surface area (TPSA) is 210 Å². The third-order valence-corrected chi connectivity index (χ3v) is 16.5. The second-order valence-electron chi connectivity index (χ2n) is 22.5. The zero-order valence-electron chi connectivity index (χ0n) is 44.8. The average Bonchev–Trinajstić information content (AvgIpc) is 4.02. The molecule has 404 valence electrons. The Morgan fingerprint density at radius 1 is 0.947 bits per heavy atom. The van der Waals surface area contributed by atoms with Gasteiger partial charge >= 0.3 is 6.01 Å². The summed E-state index contributed by atoms with van der Waals surface area (Å²) in [5, 5.41) is 39.0. The van der Waals surface area contributed by atoms with E-state index in [0.29, 0.717) is 32.1 Å². The quantitative estimate of drug-likeness (QED) is 0.0720. The maximum atomic E-state index is 14.3. The number of fused-ring (bicyclic) bond motifs is 2. The minimum Gasteiger partial charge on any atom is -0.508 e. The number of rotatable bonds is 17. The third kappa shape index (κ3) is 12.9. The van der Waals surface area contributed by atoms with Gasteiger partial charge in [0.15, 0.2) is 0 Å². The van der Waals surface area contributed by atoms with Crippen LogP contribution in [-0.2, 0) is 32.1 Å². The van der Waals surface area contributed by atoms with E-state index >= 15 is 0 Å². The Morgan fingerprint density at radius 3 is 2.46 bits per heavy atom. The van der Waals surface area contributed by atoms with Gasteiger partial charge in [-0.25, -0.2) is 4.98 Å². The molecule has 6 heterocycles. The number of ether oxygens (including phenoxy) is 2. The Hall–Kier alpha value is -6.39. The van der Waals surface area contributed by atoms with E-state index in [0.717, 1.165) is 120 Å². The van der Waals surface area contributed by atoms with Crippen molar-refractivity contribution in [1.29, 1.82) is 5.26 Å². The molecule has 0 bridgehead atoms. The van der Waals surface area contributed by atoms with Crippen molar-refractivity contribution in [3.8, 4) is 28.3 Å². The largest absolute Gasteiger partial charge is 0.508 e. The van der Waals surface area contributed by atoms with Gasteiger partial charge in [-0.2, -0.15) is 15.2 Å². The number of phenols is 1. The van der Waals surface area contributed by atoms with Gasteiger partial charge in [-0.3, -0.25) is 19.3 Å². The van der Waals surface area contributed by atoms with Gasteiger partial charge in [0.1, 0.15) is 36.4 Å². The van der Waals surface area contributed by atoms with Gasteiger partial charge in [-0.1, -0.05) is 69.3 Å². The van der Waals surface area contributed by atoms with Crippen molar-refractivity contribution in [2.75, 3.05) is 68.8 Å². The van der Waals surface area contributed by atoms with Gasteiger partial charge in [0.25, 0.3) is 0 Å². The van der Waals surface area contributed by atoms with Crippen molar-refractivity contribution in [3.05, 3.63) is 88.7 Å². The first-order valence-electron chi connectivity index (χ1n) is 27.0. The average molecular weight is 1060 g/mol. The molecule has 4 N–H and O–H groups in total. The molecule has 4 aliphatic rings. The third-order valence-electron chi connectivity index (χ3n) is 15.6. The number of aromatic hydroxyl groups is 1. The predicted molar refractivity (Wildman–Crippen MR) is 294 cm³/mol. The van der Waals surface area contributed by atoms with Gasteiger partial charge < -0.3 is 45.0 Å². The number of hydrogen-bond donors (Lipinski definition) is 4. The normalized spacial score (nSPS) is 20.7. The fraction of sp³-hybridized carbons (Fsp3) is 0.534. The number of anilines is 2. The van der Waals surface area contributed by atoms with Gasteiger partial charge in [0.05, 0.1) is 53.1 Å². The maximum absolute atomic E-state index is 14.3. The number of likely N-dealkylation sites (tertiary alicyclic amines) is 2. The van der Waals surface area contributed by atoms with Crippen LogP contribution in [0.2, 0.25) is 0 Å². The van der Waals surface area contributed by atoms with Crippen molar-refractivity contribution >= 4 is 51.3 Å². The Kier molecular flexibility index (Phi) is 17.1. The van der Waals surface area contributed by atoms with E-state index in [2.05, 4.69) is 49.4 Å². The van der Waals surface area contributed by atoms with E-state index in [1.54, 1.807) is 17.4 Å². The van der Waals surface area contributed by atoms with Crippen molar-refractivity contribution in [2.45, 2.75) is 123 Å². The van der Waals surface area contributed by atoms with Crippen molar-refractivity contribution < 1.29 is 34.1 Å². The Morgan fingerprint density at radius 2 is 1.72 bits per heavy atom. The minimum absolute atomic E-state index is 0.0110. The molecule has 3 saturated heterocycles. The number of aryl methyl sites for hydroxylation is 1. The number of phenolic OH excluding ortho intramolecular Hbond substituents is 1. The zero-order valence-corrected chi connectivity index (χ0v) is 45.7. The van der Waals surface area contributed by atoms with Crippen LogP contribution < -0.4 is 25.2 Å². The standard InChI is InChI=1S/C58H74N10O7S/c1-36(75-57-62-48-32-66(49-27-44(69)26-43-11-7-8-12-46(43)49)25-20-47(48)54(64-57)67-22-9-10-39(30-67)17-21-59)29-65-23-18-40(19-24-65)33-74-34-51(71)63-53(58(4,5)6)56(73)68-31-45(70)28-50(68)55(72)61-37(2)41-13-15-42(16-14-41)52-38(3)60-35-76-52/h7-8,11-16,26-27,35-37,39-40,45,50,53,69-70H,9-10,17-20,22-25,28-34H2,1-6H3,(H,61,72)(H,63,71)/t36-,37+,39+,45-,50+,53-/m1/s1. The van der Waals surface area contributed by atoms with Gasteiger partial charge in [0, 0.05) is 68.3 Å². The molecule has 76 heavy (non-hydrogen) atoms. The van der Waals surface area contributed by atoms with E-state index in [9.17, 15) is 29.9 Å². The summed E-state index contributed by atoms with van der Waals surface area (Å²) in [7, 11) is 0. The summed E-state index contributed by atoms with van der Waals surface area (Å²) in [6, 6.07) is 20.2. The van der Waals surface area contributed by atoms with Gasteiger partial charge in [-0.15, -0.1) is 11.3 Å². The number of aliphatic hydroxyl groups excluding tert-OH is 1. The lowest BCUT2D eigenvalue weighted by Crippen LogP contribution is -2.58. The molecule has 4 aliphatic heterocycles. The molecular weight excluding hydrogens is 981 g/mol. The summed E-state index contributed by atoms with van der Waals surface area (Å²) in [4.78, 5) is 65.5. The lowest BCUT2D eigenvalue weighted by molar-refractivity contribution is -0.144. The van der Waals surface area contributed by atoms with Crippen LogP contribution in [-0.4, -0.2) is 136 Å². The summed E-state index contributed by atoms with van der Waals surface area (Å²) in [5.74, 6) is 0.462. The number of nitriles is 1. The number of piperidine rings is 2. The number of aromatic nitrogens is 3. The number of β-amino-alcohol motifs (C(OH)–C–C–N with tert-alkyl or cyclic N) is 1. The van der Waals surface area contributed by atoms with Crippen LogP contribution in [0, 0.1) is 35.5 Å². The molecule has 3 fully saturated rings. The SMILES string of the molecule is Cc1ncsc1-c1ccc([C@H](C)NC(=O)[C@@H]2C[C@@H](O)CN2C(=O)[C@@H](NC(=O)COCC2CCN(C[C@@H](C)Oc3nc4c(c(N5CCC[C@@H](CC#N)C5)n3)CCN(c3cc(O)cc5ccccc35)C4)CC2)C(C)(C)C)cc1. The molecule has 18 heteroatoms. The monoisotopic (exact) mass is 1050 g/mol. The van der Waals surface area contributed by atoms with E-state index in [1.807, 2.05) is 88.7 Å². The first-order valence-corrected chi connectivity index (χ1v) is 27.9. The fourth-order valence-electron chi connectivity index (χ4n) is 11.5. The molecule has 0 spiro atoms. The molecule has 17 nitrogen and oxygen atoms in total. The molecule has 3 amide bonds. The number of thiazole rings is 1. The molecule has 0 radical (unpaired) electrons. The van der Waals surface area contributed by atoms with E-state index in [1.165, 1.54) is 4.90 Å². The minimum atomic E-state index is -0.957. The van der Waals surface area contributed by atoms with Crippen LogP contribution in [0.1, 0.15) is 102 Å². The van der Waals surface area contributed by atoms with Crippen LogP contribution in [0.4, 0.5) is 11.5 Å². The second kappa shape index (κ2) is 23.9. The summed E-state index contributed by atoms with van der Waals surface area (Å²) < 4.78 is 12.6. The summed E-state index contributed by atoms with van der Waals surface area (Å²) in [5.41, 5.74) is 7.04. The first-order chi connectivity index (χ1) is 36.5. The van der Waals surface area contributed by atoms with Crippen LogP contribution >= 0.6 is 11.3 Å². The fourth-order valence-corrected chi connectivity index (χ4v) is 12.3. The second-order valence-corrected chi connectivity index (χ2v) is 23.4. The number of benzene rings is 3. The number of amides is 3. The predicted octanol–water partition coefficient (Wildman–Crippen LogP) is 7.33. The van der Waals surface area contributed by atoms with E-state index in [4.69, 9.17) is 19.4 Å². The van der Waals surface area contributed by atoms with Gasteiger partial charge in [-0.05, 0) is 106 Å². The van der Waals surface area contributed by atoms with E-state index < -0.39 is 35.4 Å². The molecule has 5 aromatic rings. The number of carbonyl (C=O) groups excluding carboxylic acids is 3. The molecule has 3 aromatic carbocycles. The van der Waals surface area contributed by atoms with Crippen LogP contribution in [0.3, 0.4) is 0 Å². The Bertz CT molecular complexity index is 2890. The number of carbonyl (C=O) groups is 3. The van der Waals surface area contributed by atoms with Crippen molar-refractivity contribution in [1.82, 2.24) is 35.4 Å². The smallest absolute Gasteiger partial charge is 0.318 e.